The van der Waals surface area contributed by atoms with E-state index in [9.17, 15) is 13.2 Å². The first-order chi connectivity index (χ1) is 11.2. The topological polar surface area (TPSA) is 83.5 Å². The number of hydrogen-bond acceptors (Lipinski definition) is 4. The molecule has 130 valence electrons. The second-order valence-corrected chi connectivity index (χ2v) is 6.95. The lowest BCUT2D eigenvalue weighted by Crippen LogP contribution is -2.35. The standard InChI is InChI=1S/C17H19NO.CH4O3S/c1-13(15-9-5-3-6-10-15)18-14(2)17(19)16-11-7-4-8-12-16;1-5(2,3)4/h3-14,18H,1-2H3;1H3,(H,2,3,4)/t13-,14+;/m1./s1. The first-order valence-corrected chi connectivity index (χ1v) is 9.36. The van der Waals surface area contributed by atoms with Crippen LogP contribution in [0.25, 0.3) is 0 Å². The highest BCUT2D eigenvalue weighted by Gasteiger charge is 2.17. The number of hydrogen-bond donors (Lipinski definition) is 2. The molecule has 0 aliphatic heterocycles. The van der Waals surface area contributed by atoms with Crippen molar-refractivity contribution < 1.29 is 17.8 Å². The van der Waals surface area contributed by atoms with Gasteiger partial charge in [-0.15, -0.1) is 0 Å². The molecule has 2 aromatic carbocycles. The van der Waals surface area contributed by atoms with Crippen LogP contribution < -0.4 is 5.32 Å². The van der Waals surface area contributed by atoms with Gasteiger partial charge in [0, 0.05) is 11.6 Å². The van der Waals surface area contributed by atoms with Crippen LogP contribution in [-0.4, -0.2) is 31.1 Å². The molecule has 2 aromatic rings. The maximum atomic E-state index is 12.2. The lowest BCUT2D eigenvalue weighted by molar-refractivity contribution is 0.0945. The number of Topliss-reactive ketones (excluding diaryl/α,β-unsaturated/α-hetero) is 1. The second-order valence-electron chi connectivity index (χ2n) is 5.48. The van der Waals surface area contributed by atoms with Gasteiger partial charge in [-0.3, -0.25) is 9.35 Å². The first-order valence-electron chi connectivity index (χ1n) is 7.51. The van der Waals surface area contributed by atoms with E-state index in [1.165, 1.54) is 5.56 Å². The summed E-state index contributed by atoms with van der Waals surface area (Å²) in [7, 11) is -3.67. The summed E-state index contributed by atoms with van der Waals surface area (Å²) < 4.78 is 25.9. The Morgan fingerprint density at radius 3 is 1.83 bits per heavy atom. The van der Waals surface area contributed by atoms with Crippen molar-refractivity contribution in [3.63, 3.8) is 0 Å². The molecule has 0 heterocycles. The minimum atomic E-state index is -3.67. The summed E-state index contributed by atoms with van der Waals surface area (Å²) in [6, 6.07) is 19.5. The molecule has 0 spiro atoms. The van der Waals surface area contributed by atoms with Crippen molar-refractivity contribution in [2.45, 2.75) is 25.9 Å². The summed E-state index contributed by atoms with van der Waals surface area (Å²) in [6.45, 7) is 3.98. The summed E-state index contributed by atoms with van der Waals surface area (Å²) in [6.07, 6.45) is 0.715. The predicted molar refractivity (Wildman–Crippen MR) is 95.7 cm³/mol. The van der Waals surface area contributed by atoms with Crippen LogP contribution in [0.5, 0.6) is 0 Å². The molecule has 6 heteroatoms. The monoisotopic (exact) mass is 349 g/mol. The predicted octanol–water partition coefficient (Wildman–Crippen LogP) is 3.11. The average Bonchev–Trinajstić information content (AvgIpc) is 2.54. The normalized spacial score (nSPS) is 13.3. The number of rotatable bonds is 5. The van der Waals surface area contributed by atoms with Gasteiger partial charge >= 0.3 is 0 Å². The van der Waals surface area contributed by atoms with Crippen molar-refractivity contribution in [1.82, 2.24) is 5.32 Å². The molecule has 0 aromatic heterocycles. The second kappa shape index (κ2) is 9.32. The fourth-order valence-corrected chi connectivity index (χ4v) is 2.14. The molecular weight excluding hydrogens is 326 g/mol. The summed E-state index contributed by atoms with van der Waals surface area (Å²) in [5.74, 6) is 0.128. The van der Waals surface area contributed by atoms with Gasteiger partial charge in [-0.05, 0) is 19.4 Å². The first kappa shape index (κ1) is 20.0. The van der Waals surface area contributed by atoms with Crippen LogP contribution in [-0.2, 0) is 10.1 Å². The van der Waals surface area contributed by atoms with Gasteiger partial charge in [0.2, 0.25) is 0 Å². The third kappa shape index (κ3) is 8.01. The molecule has 2 rings (SSSR count). The fraction of sp³-hybridized carbons (Fsp3) is 0.278. The quantitative estimate of drug-likeness (QED) is 0.640. The molecule has 0 saturated carbocycles. The highest BCUT2D eigenvalue weighted by Crippen LogP contribution is 2.13. The van der Waals surface area contributed by atoms with Gasteiger partial charge in [-0.2, -0.15) is 8.42 Å². The van der Waals surface area contributed by atoms with E-state index < -0.39 is 10.1 Å². The van der Waals surface area contributed by atoms with Crippen LogP contribution in [0.1, 0.15) is 35.8 Å². The summed E-state index contributed by atoms with van der Waals surface area (Å²) in [4.78, 5) is 12.2. The zero-order chi connectivity index (χ0) is 18.2. The summed E-state index contributed by atoms with van der Waals surface area (Å²) in [5, 5.41) is 3.34. The smallest absolute Gasteiger partial charge is 0.261 e. The van der Waals surface area contributed by atoms with E-state index in [0.29, 0.717) is 6.26 Å². The summed E-state index contributed by atoms with van der Waals surface area (Å²) >= 11 is 0. The van der Waals surface area contributed by atoms with E-state index in [4.69, 9.17) is 4.55 Å². The highest BCUT2D eigenvalue weighted by molar-refractivity contribution is 7.85. The lowest BCUT2D eigenvalue weighted by atomic mass is 10.0. The zero-order valence-electron chi connectivity index (χ0n) is 14.0. The van der Waals surface area contributed by atoms with Gasteiger partial charge in [0.25, 0.3) is 10.1 Å². The molecule has 0 amide bonds. The molecular formula is C18H23NO4S. The Labute approximate surface area is 143 Å². The van der Waals surface area contributed by atoms with Crippen LogP contribution in [0.4, 0.5) is 0 Å². The minimum Gasteiger partial charge on any atom is -0.301 e. The van der Waals surface area contributed by atoms with Crippen LogP contribution in [0, 0.1) is 0 Å². The molecule has 0 bridgehead atoms. The summed E-state index contributed by atoms with van der Waals surface area (Å²) in [5.41, 5.74) is 1.94. The van der Waals surface area contributed by atoms with E-state index in [1.807, 2.05) is 55.5 Å². The molecule has 0 aliphatic rings. The Morgan fingerprint density at radius 2 is 1.38 bits per heavy atom. The van der Waals surface area contributed by atoms with Gasteiger partial charge in [0.15, 0.2) is 5.78 Å². The number of carbonyl (C=O) groups excluding carboxylic acids is 1. The maximum Gasteiger partial charge on any atom is 0.261 e. The highest BCUT2D eigenvalue weighted by atomic mass is 32.2. The zero-order valence-corrected chi connectivity index (χ0v) is 14.8. The molecule has 5 nitrogen and oxygen atoms in total. The van der Waals surface area contributed by atoms with Gasteiger partial charge in [-0.1, -0.05) is 60.7 Å². The Hall–Kier alpha value is -2.02. The van der Waals surface area contributed by atoms with Crippen LogP contribution in [0.2, 0.25) is 0 Å². The van der Waals surface area contributed by atoms with Crippen molar-refractivity contribution in [1.29, 1.82) is 0 Å². The Kier molecular flexibility index (Phi) is 7.78. The van der Waals surface area contributed by atoms with Crippen molar-refractivity contribution >= 4 is 15.9 Å². The SMILES string of the molecule is CS(=O)(=O)O.C[C@H](N[C@H](C)c1ccccc1)C(=O)c1ccccc1. The van der Waals surface area contributed by atoms with Crippen LogP contribution in [0.15, 0.2) is 60.7 Å². The van der Waals surface area contributed by atoms with Crippen molar-refractivity contribution in [3.8, 4) is 0 Å². The minimum absolute atomic E-state index is 0.128. The number of benzene rings is 2. The third-order valence-corrected chi connectivity index (χ3v) is 3.25. The van der Waals surface area contributed by atoms with E-state index in [2.05, 4.69) is 24.4 Å². The van der Waals surface area contributed by atoms with Crippen LogP contribution >= 0.6 is 0 Å². The molecule has 0 radical (unpaired) electrons. The molecule has 24 heavy (non-hydrogen) atoms. The Morgan fingerprint density at radius 1 is 0.958 bits per heavy atom. The van der Waals surface area contributed by atoms with Crippen molar-refractivity contribution in [3.05, 3.63) is 71.8 Å². The van der Waals surface area contributed by atoms with Crippen molar-refractivity contribution in [2.75, 3.05) is 6.26 Å². The number of carbonyl (C=O) groups is 1. The van der Waals surface area contributed by atoms with E-state index in [0.717, 1.165) is 5.56 Å². The Balaban J connectivity index is 0.000000505. The van der Waals surface area contributed by atoms with E-state index in [-0.39, 0.29) is 17.9 Å². The number of nitrogens with one attached hydrogen (secondary N) is 1. The van der Waals surface area contributed by atoms with Crippen molar-refractivity contribution in [2.24, 2.45) is 0 Å². The molecule has 0 saturated heterocycles. The molecule has 2 N–H and O–H groups in total. The van der Waals surface area contributed by atoms with Gasteiger partial charge in [0.05, 0.1) is 12.3 Å². The molecule has 0 aliphatic carbocycles. The van der Waals surface area contributed by atoms with E-state index in [1.54, 1.807) is 0 Å². The van der Waals surface area contributed by atoms with Gasteiger partial charge in [-0.25, -0.2) is 0 Å². The molecule has 0 fully saturated rings. The van der Waals surface area contributed by atoms with Gasteiger partial charge in [0.1, 0.15) is 0 Å². The molecule has 0 unspecified atom stereocenters. The lowest BCUT2D eigenvalue weighted by Gasteiger charge is -2.19. The largest absolute Gasteiger partial charge is 0.301 e. The average molecular weight is 349 g/mol. The number of ketones is 1. The fourth-order valence-electron chi connectivity index (χ4n) is 2.14. The molecule has 2 atom stereocenters. The van der Waals surface area contributed by atoms with Gasteiger partial charge < -0.3 is 5.32 Å². The Bertz CT molecular complexity index is 722. The van der Waals surface area contributed by atoms with E-state index >= 15 is 0 Å². The maximum absolute atomic E-state index is 12.2. The third-order valence-electron chi connectivity index (χ3n) is 3.25. The van der Waals surface area contributed by atoms with Crippen LogP contribution in [0.3, 0.4) is 0 Å².